The molecule has 0 aliphatic carbocycles. The maximum Gasteiger partial charge on any atom is 0.187 e. The molecule has 2 heterocycles. The molecule has 0 unspecified atom stereocenters. The fourth-order valence-electron chi connectivity index (χ4n) is 6.21. The number of pyridine rings is 1. The molecule has 253 valence electrons. The van der Waals surface area contributed by atoms with Gasteiger partial charge in [-0.2, -0.15) is 0 Å². The molecule has 0 aliphatic rings. The number of carbonyl (C=O) groups is 1. The molecule has 1 N–H and O–H groups in total. The van der Waals surface area contributed by atoms with Gasteiger partial charge in [0.15, 0.2) is 11.5 Å². The van der Waals surface area contributed by atoms with Crippen LogP contribution in [0.3, 0.4) is 0 Å². The van der Waals surface area contributed by atoms with E-state index in [1.165, 1.54) is 43.1 Å². The van der Waals surface area contributed by atoms with Crippen LogP contribution in [-0.4, -0.2) is 15.9 Å². The van der Waals surface area contributed by atoms with Crippen LogP contribution in [0.15, 0.2) is 72.6 Å². The summed E-state index contributed by atoms with van der Waals surface area (Å²) in [5.41, 5.74) is 7.62. The zero-order valence-electron chi connectivity index (χ0n) is 29.4. The first-order valence-corrected chi connectivity index (χ1v) is 17.7. The Morgan fingerprint density at radius 2 is 1.62 bits per heavy atom. The molecule has 48 heavy (non-hydrogen) atoms. The Morgan fingerprint density at radius 3 is 2.23 bits per heavy atom. The molecule has 0 atom stereocenters. The standard InChI is InChI=1S/C29H23N2S.C13H24O2.Ir/c1-17(2)26-16-21(15-20-8-6-7-9-25(20)26)27-29-24(12-13-31-27)19(4)28(32-29)23-11-10-22(30-5)14-18(23)3;1-5-10(6-2)12(14)9-13(15)11(7-3)8-4;/h6-14,16-17H,1-4H3;9-11,14H,5-8H2,1-4H3;/q-1;;/b;12-9-;. The summed E-state index contributed by atoms with van der Waals surface area (Å²) < 4.78 is 1.19. The van der Waals surface area contributed by atoms with Crippen molar-refractivity contribution < 1.29 is 30.0 Å². The summed E-state index contributed by atoms with van der Waals surface area (Å²) in [6.07, 6.45) is 6.82. The Balaban J connectivity index is 0.000000334. The number of nitrogens with zero attached hydrogens (tertiary/aromatic N) is 2. The van der Waals surface area contributed by atoms with Crippen molar-refractivity contribution in [3.63, 3.8) is 0 Å². The number of aromatic nitrogens is 1. The topological polar surface area (TPSA) is 54.5 Å². The summed E-state index contributed by atoms with van der Waals surface area (Å²) >= 11 is 1.79. The number of hydrogen-bond acceptors (Lipinski definition) is 4. The summed E-state index contributed by atoms with van der Waals surface area (Å²) in [5.74, 6) is 0.961. The third-order valence-corrected chi connectivity index (χ3v) is 10.6. The molecule has 0 amide bonds. The largest absolute Gasteiger partial charge is 0.512 e. The number of aliphatic hydroxyl groups is 1. The molecule has 0 fully saturated rings. The summed E-state index contributed by atoms with van der Waals surface area (Å²) in [6, 6.07) is 22.5. The predicted octanol–water partition coefficient (Wildman–Crippen LogP) is 12.7. The van der Waals surface area contributed by atoms with Crippen molar-refractivity contribution in [1.82, 2.24) is 4.98 Å². The maximum atomic E-state index is 11.7. The van der Waals surface area contributed by atoms with Crippen molar-refractivity contribution in [3.8, 4) is 21.7 Å². The summed E-state index contributed by atoms with van der Waals surface area (Å²) in [4.78, 5) is 21.4. The number of aryl methyl sites for hydroxylation is 2. The number of thiophene rings is 1. The second kappa shape index (κ2) is 17.7. The molecular weight excluding hydrogens is 789 g/mol. The molecule has 0 spiro atoms. The number of hydrogen-bond donors (Lipinski definition) is 1. The van der Waals surface area contributed by atoms with E-state index in [2.05, 4.69) is 81.1 Å². The average molecular weight is 836 g/mol. The van der Waals surface area contributed by atoms with E-state index in [9.17, 15) is 9.90 Å². The van der Waals surface area contributed by atoms with Gasteiger partial charge >= 0.3 is 0 Å². The van der Waals surface area contributed by atoms with Crippen molar-refractivity contribution in [2.24, 2.45) is 11.8 Å². The molecule has 2 aromatic heterocycles. The Labute approximate surface area is 304 Å². The summed E-state index contributed by atoms with van der Waals surface area (Å²) in [7, 11) is 0. The van der Waals surface area contributed by atoms with Crippen molar-refractivity contribution in [1.29, 1.82) is 0 Å². The van der Waals surface area contributed by atoms with Crippen LogP contribution in [0.2, 0.25) is 0 Å². The van der Waals surface area contributed by atoms with Gasteiger partial charge in [0.25, 0.3) is 0 Å². The third kappa shape index (κ3) is 8.50. The number of ketones is 1. The zero-order chi connectivity index (χ0) is 34.2. The normalized spacial score (nSPS) is 11.5. The third-order valence-electron chi connectivity index (χ3n) is 9.20. The van der Waals surface area contributed by atoms with Crippen molar-refractivity contribution in [2.75, 3.05) is 0 Å². The van der Waals surface area contributed by atoms with E-state index in [-0.39, 0.29) is 43.5 Å². The number of benzene rings is 3. The molecule has 4 nitrogen and oxygen atoms in total. The van der Waals surface area contributed by atoms with Crippen molar-refractivity contribution in [2.45, 2.75) is 87.0 Å². The van der Waals surface area contributed by atoms with Crippen molar-refractivity contribution in [3.05, 3.63) is 107 Å². The molecule has 5 aromatic rings. The number of fused-ring (bicyclic) bond motifs is 2. The minimum Gasteiger partial charge on any atom is -0.512 e. The van der Waals surface area contributed by atoms with Gasteiger partial charge < -0.3 is 5.11 Å². The van der Waals surface area contributed by atoms with Crippen LogP contribution in [0.5, 0.6) is 0 Å². The number of carbonyl (C=O) groups excluding carboxylic acids is 1. The van der Waals surface area contributed by atoms with Gasteiger partial charge in [-0.15, -0.1) is 40.5 Å². The number of allylic oxidation sites excluding steroid dienone is 2. The van der Waals surface area contributed by atoms with E-state index >= 15 is 0 Å². The fourth-order valence-corrected chi connectivity index (χ4v) is 7.61. The van der Waals surface area contributed by atoms with Gasteiger partial charge in [-0.25, -0.2) is 4.85 Å². The Kier molecular flexibility index (Phi) is 14.3. The minimum atomic E-state index is 0. The smallest absolute Gasteiger partial charge is 0.187 e. The van der Waals surface area contributed by atoms with Gasteiger partial charge in [-0.1, -0.05) is 94.5 Å². The number of aliphatic hydroxyl groups excluding tert-OH is 1. The second-order valence-corrected chi connectivity index (χ2v) is 13.6. The van der Waals surface area contributed by atoms with Crippen LogP contribution >= 0.6 is 11.3 Å². The first-order chi connectivity index (χ1) is 22.6. The quantitative estimate of drug-likeness (QED) is 0.0866. The Hall–Kier alpha value is -3.62. The van der Waals surface area contributed by atoms with Crippen LogP contribution in [0.25, 0.3) is 47.4 Å². The zero-order valence-corrected chi connectivity index (χ0v) is 32.6. The van der Waals surface area contributed by atoms with Gasteiger partial charge in [0.05, 0.1) is 12.3 Å². The fraction of sp³-hybridized carbons (Fsp3) is 0.357. The van der Waals surface area contributed by atoms with Crippen LogP contribution in [0.1, 0.15) is 89.8 Å². The van der Waals surface area contributed by atoms with Crippen LogP contribution in [0, 0.1) is 38.3 Å². The molecule has 0 aliphatic heterocycles. The molecule has 3 aromatic carbocycles. The molecular formula is C42H47IrN2O2S-. The van der Waals surface area contributed by atoms with Gasteiger partial charge in [0, 0.05) is 59.5 Å². The van der Waals surface area contributed by atoms with E-state index in [1.807, 2.05) is 46.0 Å². The van der Waals surface area contributed by atoms with Gasteiger partial charge in [-0.3, -0.25) is 9.78 Å². The van der Waals surface area contributed by atoms with E-state index in [0.717, 1.165) is 47.9 Å². The molecule has 0 saturated carbocycles. The van der Waals surface area contributed by atoms with Gasteiger partial charge in [0.2, 0.25) is 0 Å². The molecule has 5 rings (SSSR count). The van der Waals surface area contributed by atoms with Gasteiger partial charge in [-0.05, 0) is 68.0 Å². The van der Waals surface area contributed by atoms with Crippen molar-refractivity contribution >= 4 is 43.7 Å². The molecule has 6 heteroatoms. The van der Waals surface area contributed by atoms with Crippen LogP contribution < -0.4 is 0 Å². The van der Waals surface area contributed by atoms with E-state index in [1.54, 1.807) is 11.3 Å². The maximum absolute atomic E-state index is 11.7. The Bertz CT molecular complexity index is 1940. The summed E-state index contributed by atoms with van der Waals surface area (Å²) in [6.45, 7) is 24.1. The summed E-state index contributed by atoms with van der Waals surface area (Å²) in [5, 5.41) is 13.4. The SMILES string of the molecule is CCC(CC)C(=O)/C=C(\O)C(CC)CC.[C-]#[N+]c1ccc(-c2sc3c(-c4[c-]c5ccccc5c(C(C)C)c4)nccc3c2C)c(C)c1.[Ir]. The first kappa shape index (κ1) is 38.8. The van der Waals surface area contributed by atoms with E-state index < -0.39 is 0 Å². The minimum absolute atomic E-state index is 0. The first-order valence-electron chi connectivity index (χ1n) is 16.8. The Morgan fingerprint density at radius 1 is 0.958 bits per heavy atom. The van der Waals surface area contributed by atoms with Gasteiger partial charge in [0.1, 0.15) is 0 Å². The second-order valence-electron chi connectivity index (χ2n) is 12.5. The van der Waals surface area contributed by atoms with Crippen LogP contribution in [0.4, 0.5) is 5.69 Å². The number of rotatable bonds is 10. The van der Waals surface area contributed by atoms with E-state index in [0.29, 0.717) is 11.6 Å². The van der Waals surface area contributed by atoms with E-state index in [4.69, 9.17) is 11.6 Å². The molecule has 1 radical (unpaired) electrons. The average Bonchev–Trinajstić information content (AvgIpc) is 3.41. The molecule has 0 bridgehead atoms. The molecule has 0 saturated heterocycles. The predicted molar refractivity (Wildman–Crippen MR) is 201 cm³/mol. The monoisotopic (exact) mass is 836 g/mol. The van der Waals surface area contributed by atoms with Crippen LogP contribution in [-0.2, 0) is 24.9 Å².